The zero-order valence-electron chi connectivity index (χ0n) is 11.8. The number of sulfonamides is 1. The molecular formula is C13H15F2N3O2S. The molecular weight excluding hydrogens is 300 g/mol. The Labute approximate surface area is 121 Å². The minimum atomic E-state index is -3.80. The first-order chi connectivity index (χ1) is 9.73. The Kier molecular flexibility index (Phi) is 4.11. The van der Waals surface area contributed by atoms with Crippen LogP contribution >= 0.6 is 0 Å². The van der Waals surface area contributed by atoms with Crippen molar-refractivity contribution in [2.24, 2.45) is 0 Å². The monoisotopic (exact) mass is 315 g/mol. The SMILES string of the molecule is Cc1n[nH]c(C)c1S(=O)(=O)N(C)Cc1ccc(F)cc1F. The second-order valence-corrected chi connectivity index (χ2v) is 6.74. The van der Waals surface area contributed by atoms with Gasteiger partial charge in [0.2, 0.25) is 10.0 Å². The summed E-state index contributed by atoms with van der Waals surface area (Å²) in [5, 5.41) is 6.45. The maximum Gasteiger partial charge on any atom is 0.246 e. The van der Waals surface area contributed by atoms with Crippen LogP contribution in [0.15, 0.2) is 23.1 Å². The van der Waals surface area contributed by atoms with Crippen LogP contribution in [-0.4, -0.2) is 30.0 Å². The Hall–Kier alpha value is -1.80. The third-order valence-electron chi connectivity index (χ3n) is 3.14. The summed E-state index contributed by atoms with van der Waals surface area (Å²) in [7, 11) is -2.47. The van der Waals surface area contributed by atoms with Gasteiger partial charge in [0.05, 0.1) is 11.4 Å². The van der Waals surface area contributed by atoms with Gasteiger partial charge in [-0.05, 0) is 19.9 Å². The van der Waals surface area contributed by atoms with E-state index in [1.54, 1.807) is 13.8 Å². The van der Waals surface area contributed by atoms with Crippen molar-refractivity contribution in [1.29, 1.82) is 0 Å². The Morgan fingerprint density at radius 2 is 1.95 bits per heavy atom. The molecule has 114 valence electrons. The summed E-state index contributed by atoms with van der Waals surface area (Å²) in [6.45, 7) is 2.97. The summed E-state index contributed by atoms with van der Waals surface area (Å²) in [4.78, 5) is 0.0764. The van der Waals surface area contributed by atoms with Gasteiger partial charge in [-0.1, -0.05) is 6.07 Å². The molecule has 2 aromatic rings. The minimum Gasteiger partial charge on any atom is -0.281 e. The lowest BCUT2D eigenvalue weighted by atomic mass is 10.2. The maximum absolute atomic E-state index is 13.6. The molecule has 0 saturated carbocycles. The van der Waals surface area contributed by atoms with Gasteiger partial charge in [0.1, 0.15) is 16.5 Å². The van der Waals surface area contributed by atoms with Crippen LogP contribution in [0.5, 0.6) is 0 Å². The molecule has 0 spiro atoms. The number of nitrogens with one attached hydrogen (secondary N) is 1. The molecule has 0 unspecified atom stereocenters. The topological polar surface area (TPSA) is 66.1 Å². The van der Waals surface area contributed by atoms with E-state index in [1.807, 2.05) is 0 Å². The number of nitrogens with zero attached hydrogens (tertiary/aromatic N) is 2. The molecule has 1 aromatic carbocycles. The second kappa shape index (κ2) is 5.53. The highest BCUT2D eigenvalue weighted by Crippen LogP contribution is 2.22. The molecule has 0 aliphatic rings. The van der Waals surface area contributed by atoms with Gasteiger partial charge in [0.25, 0.3) is 0 Å². The molecule has 21 heavy (non-hydrogen) atoms. The standard InChI is InChI=1S/C13H15F2N3O2S/c1-8-13(9(2)17-16-8)21(19,20)18(3)7-10-4-5-11(14)6-12(10)15/h4-6H,7H2,1-3H3,(H,16,17). The van der Waals surface area contributed by atoms with Crippen molar-refractivity contribution in [2.75, 3.05) is 7.05 Å². The third kappa shape index (κ3) is 2.96. The van der Waals surface area contributed by atoms with E-state index in [4.69, 9.17) is 0 Å². The molecule has 0 atom stereocenters. The van der Waals surface area contributed by atoms with Gasteiger partial charge in [-0.25, -0.2) is 17.2 Å². The fourth-order valence-electron chi connectivity index (χ4n) is 2.05. The first-order valence-corrected chi connectivity index (χ1v) is 7.59. The van der Waals surface area contributed by atoms with Crippen LogP contribution in [0.25, 0.3) is 0 Å². The van der Waals surface area contributed by atoms with E-state index in [1.165, 1.54) is 13.1 Å². The van der Waals surface area contributed by atoms with Crippen LogP contribution in [-0.2, 0) is 16.6 Å². The normalized spacial score (nSPS) is 12.1. The van der Waals surface area contributed by atoms with Crippen molar-refractivity contribution in [1.82, 2.24) is 14.5 Å². The second-order valence-electron chi connectivity index (χ2n) is 4.76. The lowest BCUT2D eigenvalue weighted by Gasteiger charge is -2.17. The number of aromatic nitrogens is 2. The van der Waals surface area contributed by atoms with Crippen LogP contribution in [0.3, 0.4) is 0 Å². The van der Waals surface area contributed by atoms with E-state index in [-0.39, 0.29) is 17.0 Å². The average Bonchev–Trinajstić information content (AvgIpc) is 2.72. The summed E-state index contributed by atoms with van der Waals surface area (Å²) < 4.78 is 52.5. The lowest BCUT2D eigenvalue weighted by molar-refractivity contribution is 0.454. The van der Waals surface area contributed by atoms with Gasteiger partial charge in [-0.2, -0.15) is 9.40 Å². The number of halogens is 2. The largest absolute Gasteiger partial charge is 0.281 e. The van der Waals surface area contributed by atoms with Gasteiger partial charge in [-0.3, -0.25) is 5.10 Å². The van der Waals surface area contributed by atoms with E-state index in [9.17, 15) is 17.2 Å². The zero-order chi connectivity index (χ0) is 15.8. The van der Waals surface area contributed by atoms with Gasteiger partial charge >= 0.3 is 0 Å². The van der Waals surface area contributed by atoms with Crippen molar-refractivity contribution in [3.05, 3.63) is 46.8 Å². The average molecular weight is 315 g/mol. The fourth-order valence-corrected chi connectivity index (χ4v) is 3.52. The van der Waals surface area contributed by atoms with E-state index in [0.717, 1.165) is 16.4 Å². The zero-order valence-corrected chi connectivity index (χ0v) is 12.6. The number of hydrogen-bond donors (Lipinski definition) is 1. The molecule has 1 heterocycles. The van der Waals surface area contributed by atoms with Crippen LogP contribution in [0.1, 0.15) is 17.0 Å². The number of aryl methyl sites for hydroxylation is 2. The minimum absolute atomic E-state index is 0.0764. The predicted molar refractivity (Wildman–Crippen MR) is 73.1 cm³/mol. The first kappa shape index (κ1) is 15.6. The molecule has 1 N–H and O–H groups in total. The Balaban J connectivity index is 2.33. The molecule has 0 fully saturated rings. The lowest BCUT2D eigenvalue weighted by Crippen LogP contribution is -2.27. The molecule has 0 amide bonds. The molecule has 0 saturated heterocycles. The Morgan fingerprint density at radius 1 is 1.29 bits per heavy atom. The van der Waals surface area contributed by atoms with Crippen molar-refractivity contribution in [3.63, 3.8) is 0 Å². The number of hydrogen-bond acceptors (Lipinski definition) is 3. The number of aromatic amines is 1. The number of H-pyrrole nitrogens is 1. The van der Waals surface area contributed by atoms with E-state index >= 15 is 0 Å². The highest BCUT2D eigenvalue weighted by atomic mass is 32.2. The van der Waals surface area contributed by atoms with Gasteiger partial charge in [0.15, 0.2) is 0 Å². The fraction of sp³-hybridized carbons (Fsp3) is 0.308. The summed E-state index contributed by atoms with van der Waals surface area (Å²) in [6, 6.07) is 3.04. The summed E-state index contributed by atoms with van der Waals surface area (Å²) in [5.41, 5.74) is 0.860. The Bertz CT molecular complexity index is 752. The van der Waals surface area contributed by atoms with Crippen molar-refractivity contribution < 1.29 is 17.2 Å². The maximum atomic E-state index is 13.6. The summed E-state index contributed by atoms with van der Waals surface area (Å²) >= 11 is 0. The molecule has 0 radical (unpaired) electrons. The molecule has 2 rings (SSSR count). The first-order valence-electron chi connectivity index (χ1n) is 6.15. The quantitative estimate of drug-likeness (QED) is 0.940. The van der Waals surface area contributed by atoms with Crippen LogP contribution < -0.4 is 0 Å². The number of rotatable bonds is 4. The molecule has 1 aromatic heterocycles. The molecule has 0 aliphatic carbocycles. The smallest absolute Gasteiger partial charge is 0.246 e. The van der Waals surface area contributed by atoms with Crippen LogP contribution in [0.2, 0.25) is 0 Å². The van der Waals surface area contributed by atoms with E-state index < -0.39 is 21.7 Å². The highest BCUT2D eigenvalue weighted by molar-refractivity contribution is 7.89. The van der Waals surface area contributed by atoms with E-state index in [2.05, 4.69) is 10.2 Å². The van der Waals surface area contributed by atoms with Gasteiger partial charge < -0.3 is 0 Å². The Morgan fingerprint density at radius 3 is 2.48 bits per heavy atom. The van der Waals surface area contributed by atoms with Crippen molar-refractivity contribution in [2.45, 2.75) is 25.3 Å². The molecule has 0 aliphatic heterocycles. The molecule has 0 bridgehead atoms. The third-order valence-corrected chi connectivity index (χ3v) is 5.20. The summed E-state index contributed by atoms with van der Waals surface area (Å²) in [6.07, 6.45) is 0. The molecule has 5 nitrogen and oxygen atoms in total. The predicted octanol–water partition coefficient (Wildman–Crippen LogP) is 2.13. The van der Waals surface area contributed by atoms with Crippen LogP contribution in [0, 0.1) is 25.5 Å². The van der Waals surface area contributed by atoms with Gasteiger partial charge in [0, 0.05) is 25.2 Å². The van der Waals surface area contributed by atoms with Crippen molar-refractivity contribution >= 4 is 10.0 Å². The van der Waals surface area contributed by atoms with Gasteiger partial charge in [-0.15, -0.1) is 0 Å². The van der Waals surface area contributed by atoms with Crippen LogP contribution in [0.4, 0.5) is 8.78 Å². The highest BCUT2D eigenvalue weighted by Gasteiger charge is 2.27. The summed E-state index contributed by atoms with van der Waals surface area (Å²) in [5.74, 6) is -1.49. The van der Waals surface area contributed by atoms with E-state index in [0.29, 0.717) is 11.4 Å². The van der Waals surface area contributed by atoms with Crippen molar-refractivity contribution in [3.8, 4) is 0 Å². The molecule has 8 heteroatoms. The number of benzene rings is 1.